The second-order valence-corrected chi connectivity index (χ2v) is 13.9. The van der Waals surface area contributed by atoms with E-state index in [0.717, 1.165) is 36.8 Å². The Morgan fingerprint density at radius 3 is 2.15 bits per heavy atom. The number of benzene rings is 3. The van der Waals surface area contributed by atoms with Crippen LogP contribution in [0.15, 0.2) is 91.0 Å². The number of rotatable bonds is 9. The second-order valence-electron chi connectivity index (χ2n) is 13.9. The lowest BCUT2D eigenvalue weighted by molar-refractivity contribution is -0.338. The summed E-state index contributed by atoms with van der Waals surface area (Å²) in [6.45, 7) is 8.75. The number of ether oxygens (including phenoxy) is 7. The maximum Gasteiger partial charge on any atom is 0.184 e. The largest absolute Gasteiger partial charge is 0.377 e. The van der Waals surface area contributed by atoms with Gasteiger partial charge in [-0.2, -0.15) is 0 Å². The minimum atomic E-state index is -0.584. The molecule has 0 saturated carbocycles. The zero-order valence-corrected chi connectivity index (χ0v) is 27.3. The molecule has 0 aliphatic carbocycles. The summed E-state index contributed by atoms with van der Waals surface area (Å²) in [5.74, 6) is 0.126. The Labute approximate surface area is 273 Å². The fraction of sp³-hybridized carbons (Fsp3) is 0.538. The fourth-order valence-electron chi connectivity index (χ4n) is 7.71. The third kappa shape index (κ3) is 6.83. The van der Waals surface area contributed by atoms with Gasteiger partial charge in [0.05, 0.1) is 55.9 Å². The van der Waals surface area contributed by atoms with E-state index in [1.54, 1.807) is 0 Å². The summed E-state index contributed by atoms with van der Waals surface area (Å²) in [7, 11) is 0. The lowest BCUT2D eigenvalue weighted by Gasteiger charge is -2.55. The van der Waals surface area contributed by atoms with Crippen LogP contribution in [0.25, 0.3) is 0 Å². The van der Waals surface area contributed by atoms with Crippen LogP contribution < -0.4 is 0 Å². The molecular weight excluding hydrogens is 580 g/mol. The first-order chi connectivity index (χ1) is 22.4. The van der Waals surface area contributed by atoms with Gasteiger partial charge >= 0.3 is 0 Å². The third-order valence-corrected chi connectivity index (χ3v) is 10.5. The predicted octanol–water partition coefficient (Wildman–Crippen LogP) is 7.18. The van der Waals surface area contributed by atoms with Crippen LogP contribution in [0.1, 0.15) is 69.4 Å². The Morgan fingerprint density at radius 1 is 0.761 bits per heavy atom. The molecule has 0 radical (unpaired) electrons. The molecular formula is C39H48O7. The number of hydrogen-bond donors (Lipinski definition) is 0. The Balaban J connectivity index is 1.07. The van der Waals surface area contributed by atoms with E-state index in [2.05, 4.69) is 69.3 Å². The molecule has 4 aliphatic heterocycles. The van der Waals surface area contributed by atoms with E-state index in [4.69, 9.17) is 33.2 Å². The van der Waals surface area contributed by atoms with Crippen LogP contribution in [0, 0.1) is 5.92 Å². The van der Waals surface area contributed by atoms with E-state index >= 15 is 0 Å². The van der Waals surface area contributed by atoms with Crippen LogP contribution in [0.5, 0.6) is 0 Å². The molecule has 3 aromatic rings. The van der Waals surface area contributed by atoms with E-state index in [9.17, 15) is 0 Å². The first-order valence-corrected chi connectivity index (χ1v) is 17.0. The fourth-order valence-corrected chi connectivity index (χ4v) is 7.71. The molecule has 0 aromatic heterocycles. The second kappa shape index (κ2) is 13.9. The highest BCUT2D eigenvalue weighted by atomic mass is 16.7. The topological polar surface area (TPSA) is 64.6 Å². The predicted molar refractivity (Wildman–Crippen MR) is 174 cm³/mol. The van der Waals surface area contributed by atoms with Gasteiger partial charge in [0.2, 0.25) is 0 Å². The van der Waals surface area contributed by atoms with Gasteiger partial charge in [-0.05, 0) is 44.2 Å². The van der Waals surface area contributed by atoms with Crippen molar-refractivity contribution >= 4 is 0 Å². The lowest BCUT2D eigenvalue weighted by Crippen LogP contribution is -2.65. The molecule has 10 atom stereocenters. The summed E-state index contributed by atoms with van der Waals surface area (Å²) in [5.41, 5.74) is 2.27. The SMILES string of the molecule is C[C@H]1[C@H](OCc2ccccc2)[C@@H]2O[C@]3(C)CC[C@@H]4O[C@H](c5ccccc5)OC[C@@]4(C)O[C@H]3C[C@H]2O[C@H]1CCOCc1ccccc1. The molecule has 7 rings (SSSR count). The van der Waals surface area contributed by atoms with Gasteiger partial charge in [-0.1, -0.05) is 97.9 Å². The molecule has 0 spiro atoms. The summed E-state index contributed by atoms with van der Waals surface area (Å²) in [5, 5.41) is 0. The van der Waals surface area contributed by atoms with Gasteiger partial charge in [0.15, 0.2) is 6.29 Å². The van der Waals surface area contributed by atoms with Gasteiger partial charge in [0.25, 0.3) is 0 Å². The molecule has 4 saturated heterocycles. The van der Waals surface area contributed by atoms with Gasteiger partial charge in [-0.3, -0.25) is 0 Å². The molecule has 246 valence electrons. The van der Waals surface area contributed by atoms with Gasteiger partial charge < -0.3 is 33.2 Å². The monoisotopic (exact) mass is 628 g/mol. The van der Waals surface area contributed by atoms with Crippen molar-refractivity contribution in [3.05, 3.63) is 108 Å². The quantitative estimate of drug-likeness (QED) is 0.233. The van der Waals surface area contributed by atoms with E-state index in [0.29, 0.717) is 26.4 Å². The number of fused-ring (bicyclic) bond motifs is 3. The zero-order chi connectivity index (χ0) is 31.6. The van der Waals surface area contributed by atoms with Crippen LogP contribution in [0.2, 0.25) is 0 Å². The van der Waals surface area contributed by atoms with E-state index < -0.39 is 17.5 Å². The van der Waals surface area contributed by atoms with Crippen molar-refractivity contribution in [3.63, 3.8) is 0 Å². The molecule has 4 aliphatic rings. The molecule has 46 heavy (non-hydrogen) atoms. The molecule has 0 amide bonds. The van der Waals surface area contributed by atoms with Crippen LogP contribution >= 0.6 is 0 Å². The van der Waals surface area contributed by atoms with Gasteiger partial charge in [-0.25, -0.2) is 0 Å². The van der Waals surface area contributed by atoms with Crippen molar-refractivity contribution in [3.8, 4) is 0 Å². The molecule has 0 N–H and O–H groups in total. The maximum absolute atomic E-state index is 7.12. The minimum Gasteiger partial charge on any atom is -0.377 e. The van der Waals surface area contributed by atoms with Crippen LogP contribution in [0.4, 0.5) is 0 Å². The number of hydrogen-bond acceptors (Lipinski definition) is 7. The molecule has 7 heteroatoms. The average Bonchev–Trinajstić information content (AvgIpc) is 3.19. The van der Waals surface area contributed by atoms with Crippen molar-refractivity contribution in [1.29, 1.82) is 0 Å². The summed E-state index contributed by atoms with van der Waals surface area (Å²) in [6.07, 6.45) is 1.97. The molecule has 7 nitrogen and oxygen atoms in total. The first-order valence-electron chi connectivity index (χ1n) is 17.0. The van der Waals surface area contributed by atoms with Gasteiger partial charge in [0, 0.05) is 24.5 Å². The summed E-state index contributed by atoms with van der Waals surface area (Å²) in [6, 6.07) is 30.8. The van der Waals surface area contributed by atoms with E-state index in [1.807, 2.05) is 42.5 Å². The Kier molecular flexibility index (Phi) is 9.62. The van der Waals surface area contributed by atoms with Crippen molar-refractivity contribution in [1.82, 2.24) is 0 Å². The molecule has 0 unspecified atom stereocenters. The lowest BCUT2D eigenvalue weighted by atomic mass is 9.78. The van der Waals surface area contributed by atoms with Crippen LogP contribution in [0.3, 0.4) is 0 Å². The Bertz CT molecular complexity index is 1390. The highest BCUT2D eigenvalue weighted by Crippen LogP contribution is 2.49. The molecule has 4 heterocycles. The van der Waals surface area contributed by atoms with E-state index in [-0.39, 0.29) is 42.5 Å². The Hall–Kier alpha value is -2.62. The third-order valence-electron chi connectivity index (χ3n) is 10.5. The molecule has 0 bridgehead atoms. The summed E-state index contributed by atoms with van der Waals surface area (Å²) in [4.78, 5) is 0. The minimum absolute atomic E-state index is 0.0205. The maximum atomic E-state index is 7.12. The van der Waals surface area contributed by atoms with Crippen LogP contribution in [-0.2, 0) is 46.4 Å². The first kappa shape index (κ1) is 32.0. The summed E-state index contributed by atoms with van der Waals surface area (Å²) >= 11 is 0. The highest BCUT2D eigenvalue weighted by molar-refractivity contribution is 5.18. The molecule has 4 fully saturated rings. The molecule has 3 aromatic carbocycles. The van der Waals surface area contributed by atoms with Crippen molar-refractivity contribution in [2.75, 3.05) is 13.2 Å². The van der Waals surface area contributed by atoms with Crippen molar-refractivity contribution in [2.45, 2.75) is 114 Å². The summed E-state index contributed by atoms with van der Waals surface area (Å²) < 4.78 is 46.7. The highest BCUT2D eigenvalue weighted by Gasteiger charge is 2.59. The Morgan fingerprint density at radius 2 is 1.43 bits per heavy atom. The van der Waals surface area contributed by atoms with Crippen LogP contribution in [-0.4, -0.2) is 61.0 Å². The van der Waals surface area contributed by atoms with Gasteiger partial charge in [0.1, 0.15) is 11.7 Å². The average molecular weight is 629 g/mol. The van der Waals surface area contributed by atoms with E-state index in [1.165, 1.54) is 5.56 Å². The van der Waals surface area contributed by atoms with Crippen molar-refractivity contribution < 1.29 is 33.2 Å². The van der Waals surface area contributed by atoms with Crippen molar-refractivity contribution in [2.24, 2.45) is 5.92 Å². The normalized spacial score (nSPS) is 37.4. The standard InChI is InChI=1S/C39H48O7/c1-27-31(20-22-40-24-28-13-7-4-8-14-28)43-32-23-34-38(2,46-36(32)35(27)41-25-29-15-9-5-10-16-29)21-19-33-39(3,45-34)26-42-37(44-33)30-17-11-6-12-18-30/h4-18,27,31-37H,19-26H2,1-3H3/t27-,31+,32-,33+,34+,35+,36-,37-,38-,39-/m1/s1. The van der Waals surface area contributed by atoms with Gasteiger partial charge in [-0.15, -0.1) is 0 Å². The smallest absolute Gasteiger partial charge is 0.184 e. The zero-order valence-electron chi connectivity index (χ0n) is 27.3.